The predicted octanol–water partition coefficient (Wildman–Crippen LogP) is 1.61. The molecule has 0 bridgehead atoms. The lowest BCUT2D eigenvalue weighted by Crippen LogP contribution is -2.26. The highest BCUT2D eigenvalue weighted by Gasteiger charge is 2.17. The molecule has 90 valence electrons. The van der Waals surface area contributed by atoms with Crippen LogP contribution >= 0.6 is 0 Å². The fourth-order valence-corrected chi connectivity index (χ4v) is 2.45. The first-order valence-electron chi connectivity index (χ1n) is 6.28. The minimum absolute atomic E-state index is 0.421. The van der Waals surface area contributed by atoms with E-state index in [-0.39, 0.29) is 0 Å². The van der Waals surface area contributed by atoms with Crippen molar-refractivity contribution in [3.63, 3.8) is 0 Å². The van der Waals surface area contributed by atoms with Crippen molar-refractivity contribution in [2.45, 2.75) is 31.8 Å². The fraction of sp³-hybridized carbons (Fsp3) is 0.462. The Labute approximate surface area is 101 Å². The van der Waals surface area contributed by atoms with Crippen molar-refractivity contribution in [2.24, 2.45) is 5.73 Å². The van der Waals surface area contributed by atoms with E-state index < -0.39 is 0 Å². The summed E-state index contributed by atoms with van der Waals surface area (Å²) in [6.07, 6.45) is 7.94. The lowest BCUT2D eigenvalue weighted by Gasteiger charge is -2.21. The van der Waals surface area contributed by atoms with Gasteiger partial charge in [-0.15, -0.1) is 0 Å². The molecule has 4 nitrogen and oxygen atoms in total. The highest BCUT2D eigenvalue weighted by atomic mass is 15.0. The number of piperidine rings is 1. The molecule has 3 rings (SSSR count). The largest absolute Gasteiger partial charge is 0.326 e. The van der Waals surface area contributed by atoms with Gasteiger partial charge in [-0.25, -0.2) is 4.98 Å². The molecular weight excluding hydrogens is 212 g/mol. The molecule has 1 aliphatic heterocycles. The molecule has 1 unspecified atom stereocenters. The second-order valence-electron chi connectivity index (χ2n) is 4.68. The topological polar surface area (TPSA) is 55.3 Å². The number of pyridine rings is 1. The SMILES string of the molecule is NCc1ccc2nc(C3CCCCN3)cn2c1. The Bertz CT molecular complexity index is 511. The van der Waals surface area contributed by atoms with Crippen molar-refractivity contribution in [3.8, 4) is 0 Å². The van der Waals surface area contributed by atoms with Crippen LogP contribution in [0, 0.1) is 0 Å². The van der Waals surface area contributed by atoms with Gasteiger partial charge >= 0.3 is 0 Å². The van der Waals surface area contributed by atoms with Crippen molar-refractivity contribution in [1.29, 1.82) is 0 Å². The van der Waals surface area contributed by atoms with Crippen LogP contribution in [-0.4, -0.2) is 15.9 Å². The van der Waals surface area contributed by atoms with E-state index in [1.165, 1.54) is 19.3 Å². The van der Waals surface area contributed by atoms with Crippen LogP contribution in [-0.2, 0) is 6.54 Å². The molecule has 1 fully saturated rings. The quantitative estimate of drug-likeness (QED) is 0.824. The van der Waals surface area contributed by atoms with E-state index in [9.17, 15) is 0 Å². The van der Waals surface area contributed by atoms with E-state index in [4.69, 9.17) is 5.73 Å². The van der Waals surface area contributed by atoms with Crippen LogP contribution in [0.15, 0.2) is 24.5 Å². The van der Waals surface area contributed by atoms with Gasteiger partial charge in [0.15, 0.2) is 0 Å². The van der Waals surface area contributed by atoms with Crippen LogP contribution in [0.2, 0.25) is 0 Å². The summed E-state index contributed by atoms with van der Waals surface area (Å²) in [6, 6.07) is 4.50. The highest BCUT2D eigenvalue weighted by molar-refractivity contribution is 5.42. The number of nitrogens with one attached hydrogen (secondary N) is 1. The normalized spacial score (nSPS) is 20.9. The fourth-order valence-electron chi connectivity index (χ4n) is 2.45. The number of hydrogen-bond donors (Lipinski definition) is 2. The van der Waals surface area contributed by atoms with Gasteiger partial charge in [-0.2, -0.15) is 0 Å². The lowest BCUT2D eigenvalue weighted by molar-refractivity contribution is 0.406. The third kappa shape index (κ3) is 2.06. The van der Waals surface area contributed by atoms with E-state index in [0.29, 0.717) is 12.6 Å². The van der Waals surface area contributed by atoms with E-state index >= 15 is 0 Å². The van der Waals surface area contributed by atoms with Crippen molar-refractivity contribution in [3.05, 3.63) is 35.8 Å². The molecule has 0 spiro atoms. The second-order valence-corrected chi connectivity index (χ2v) is 4.68. The van der Waals surface area contributed by atoms with Crippen LogP contribution in [0.4, 0.5) is 0 Å². The monoisotopic (exact) mass is 230 g/mol. The number of hydrogen-bond acceptors (Lipinski definition) is 3. The van der Waals surface area contributed by atoms with Crippen LogP contribution in [0.3, 0.4) is 0 Å². The minimum atomic E-state index is 0.421. The predicted molar refractivity (Wildman–Crippen MR) is 67.7 cm³/mol. The zero-order valence-corrected chi connectivity index (χ0v) is 9.89. The summed E-state index contributed by atoms with van der Waals surface area (Å²) in [7, 11) is 0. The van der Waals surface area contributed by atoms with Crippen molar-refractivity contribution in [2.75, 3.05) is 6.54 Å². The molecular formula is C13H18N4. The maximum absolute atomic E-state index is 5.64. The third-order valence-corrected chi connectivity index (χ3v) is 3.43. The Balaban J connectivity index is 1.95. The molecule has 2 aromatic rings. The molecule has 17 heavy (non-hydrogen) atoms. The van der Waals surface area contributed by atoms with Gasteiger partial charge in [-0.1, -0.05) is 12.5 Å². The number of nitrogens with two attached hydrogens (primary N) is 1. The molecule has 4 heteroatoms. The van der Waals surface area contributed by atoms with Gasteiger partial charge in [-0.3, -0.25) is 0 Å². The zero-order chi connectivity index (χ0) is 11.7. The molecule has 0 amide bonds. The average molecular weight is 230 g/mol. The Morgan fingerprint density at radius 1 is 1.35 bits per heavy atom. The number of rotatable bonds is 2. The van der Waals surface area contributed by atoms with Gasteiger partial charge in [-0.05, 0) is 31.0 Å². The summed E-state index contributed by atoms with van der Waals surface area (Å²) in [6.45, 7) is 1.68. The average Bonchev–Trinajstić information content (AvgIpc) is 2.82. The molecule has 0 aliphatic carbocycles. The molecule has 1 aliphatic rings. The van der Waals surface area contributed by atoms with Crippen LogP contribution in [0.5, 0.6) is 0 Å². The smallest absolute Gasteiger partial charge is 0.137 e. The second kappa shape index (κ2) is 4.47. The minimum Gasteiger partial charge on any atom is -0.326 e. The first kappa shape index (κ1) is 10.7. The van der Waals surface area contributed by atoms with Gasteiger partial charge < -0.3 is 15.5 Å². The molecule has 1 saturated heterocycles. The summed E-state index contributed by atoms with van der Waals surface area (Å²) < 4.78 is 2.08. The maximum Gasteiger partial charge on any atom is 0.137 e. The molecule has 3 heterocycles. The Morgan fingerprint density at radius 3 is 3.06 bits per heavy atom. The summed E-state index contributed by atoms with van der Waals surface area (Å²) in [5.74, 6) is 0. The first-order valence-corrected chi connectivity index (χ1v) is 6.28. The molecule has 0 radical (unpaired) electrons. The van der Waals surface area contributed by atoms with E-state index in [0.717, 1.165) is 23.4 Å². The third-order valence-electron chi connectivity index (χ3n) is 3.43. The highest BCUT2D eigenvalue weighted by Crippen LogP contribution is 2.22. The number of fused-ring (bicyclic) bond motifs is 1. The van der Waals surface area contributed by atoms with Gasteiger partial charge in [0, 0.05) is 18.9 Å². The summed E-state index contributed by atoms with van der Waals surface area (Å²) in [5, 5.41) is 3.52. The van der Waals surface area contributed by atoms with Gasteiger partial charge in [0.1, 0.15) is 5.65 Å². The van der Waals surface area contributed by atoms with E-state index in [2.05, 4.69) is 27.1 Å². The number of imidazole rings is 1. The molecule has 3 N–H and O–H groups in total. The van der Waals surface area contributed by atoms with Gasteiger partial charge in [0.2, 0.25) is 0 Å². The number of nitrogens with zero attached hydrogens (tertiary/aromatic N) is 2. The maximum atomic E-state index is 5.64. The Morgan fingerprint density at radius 2 is 2.29 bits per heavy atom. The number of aromatic nitrogens is 2. The molecule has 0 saturated carbocycles. The van der Waals surface area contributed by atoms with Crippen molar-refractivity contribution < 1.29 is 0 Å². The Hall–Kier alpha value is -1.39. The molecule has 0 aromatic carbocycles. The van der Waals surface area contributed by atoms with E-state index in [1.54, 1.807) is 0 Å². The van der Waals surface area contributed by atoms with E-state index in [1.807, 2.05) is 12.1 Å². The van der Waals surface area contributed by atoms with Crippen molar-refractivity contribution in [1.82, 2.24) is 14.7 Å². The molecule has 1 atom stereocenters. The van der Waals surface area contributed by atoms with Crippen molar-refractivity contribution >= 4 is 5.65 Å². The van der Waals surface area contributed by atoms with Gasteiger partial charge in [0.05, 0.1) is 11.7 Å². The van der Waals surface area contributed by atoms with Crippen LogP contribution in [0.25, 0.3) is 5.65 Å². The van der Waals surface area contributed by atoms with Crippen LogP contribution < -0.4 is 11.1 Å². The Kier molecular flexibility index (Phi) is 2.82. The summed E-state index contributed by atoms with van der Waals surface area (Å²) >= 11 is 0. The first-order chi connectivity index (χ1) is 8.36. The van der Waals surface area contributed by atoms with Crippen LogP contribution in [0.1, 0.15) is 36.6 Å². The summed E-state index contributed by atoms with van der Waals surface area (Å²) in [4.78, 5) is 4.67. The lowest BCUT2D eigenvalue weighted by atomic mass is 10.0. The molecule has 2 aromatic heterocycles. The standard InChI is InChI=1S/C13H18N4/c14-7-10-4-5-13-16-12(9-17(13)8-10)11-3-1-2-6-15-11/h4-5,8-9,11,15H,1-3,6-7,14H2. The van der Waals surface area contributed by atoms with Gasteiger partial charge in [0.25, 0.3) is 0 Å². The zero-order valence-electron chi connectivity index (χ0n) is 9.89. The summed E-state index contributed by atoms with van der Waals surface area (Å²) in [5.41, 5.74) is 8.94.